The van der Waals surface area contributed by atoms with Crippen LogP contribution in [0.2, 0.25) is 0 Å². The van der Waals surface area contributed by atoms with Crippen LogP contribution in [0.15, 0.2) is 30.5 Å². The second-order valence-electron chi connectivity index (χ2n) is 7.37. The predicted octanol–water partition coefficient (Wildman–Crippen LogP) is 3.90. The van der Waals surface area contributed by atoms with E-state index in [1.165, 1.54) is 24.3 Å². The lowest BCUT2D eigenvalue weighted by Gasteiger charge is -2.23. The Morgan fingerprint density at radius 1 is 1.21 bits per heavy atom. The van der Waals surface area contributed by atoms with E-state index in [1.807, 2.05) is 0 Å². The molecule has 0 atom stereocenters. The zero-order valence-electron chi connectivity index (χ0n) is 15.2. The molecule has 0 saturated heterocycles. The molecule has 1 amide bonds. The van der Waals surface area contributed by atoms with E-state index in [2.05, 4.69) is 17.3 Å². The SMILES string of the molecule is CC1(CNC(=O)c2ccc(-n3ncc(C(=O)O)c3C(F)(F)F)cc2)CCCC1. The molecule has 1 fully saturated rings. The van der Waals surface area contributed by atoms with Gasteiger partial charge in [0.05, 0.1) is 11.9 Å². The third kappa shape index (κ3) is 4.02. The van der Waals surface area contributed by atoms with Crippen molar-refractivity contribution < 1.29 is 27.9 Å². The molecule has 1 aliphatic rings. The number of amides is 1. The number of alkyl halides is 3. The molecule has 0 radical (unpaired) electrons. The molecule has 0 bridgehead atoms. The third-order valence-corrected chi connectivity index (χ3v) is 5.13. The van der Waals surface area contributed by atoms with Crippen molar-refractivity contribution in [1.82, 2.24) is 15.1 Å². The number of aromatic nitrogens is 2. The Hall–Kier alpha value is -2.84. The predicted molar refractivity (Wildman–Crippen MR) is 94.4 cm³/mol. The lowest BCUT2D eigenvalue weighted by atomic mass is 9.89. The Morgan fingerprint density at radius 3 is 2.36 bits per heavy atom. The Bertz CT molecular complexity index is 882. The quantitative estimate of drug-likeness (QED) is 0.804. The van der Waals surface area contributed by atoms with Crippen LogP contribution in [0, 0.1) is 5.41 Å². The van der Waals surface area contributed by atoms with E-state index in [0.717, 1.165) is 25.7 Å². The van der Waals surface area contributed by atoms with Crippen molar-refractivity contribution in [2.75, 3.05) is 6.54 Å². The average Bonchev–Trinajstić information content (AvgIpc) is 3.27. The summed E-state index contributed by atoms with van der Waals surface area (Å²) in [6, 6.07) is 5.40. The number of rotatable bonds is 5. The number of carboxylic acid groups (broad SMARTS) is 1. The number of halogens is 3. The number of nitrogens with zero attached hydrogens (tertiary/aromatic N) is 2. The third-order valence-electron chi connectivity index (χ3n) is 5.13. The Kier molecular flexibility index (Phi) is 5.18. The van der Waals surface area contributed by atoms with E-state index < -0.39 is 23.4 Å². The van der Waals surface area contributed by atoms with Crippen LogP contribution in [0.4, 0.5) is 13.2 Å². The Morgan fingerprint density at radius 2 is 1.82 bits per heavy atom. The molecule has 1 saturated carbocycles. The van der Waals surface area contributed by atoms with Crippen LogP contribution in [0.25, 0.3) is 5.69 Å². The summed E-state index contributed by atoms with van der Waals surface area (Å²) in [6.07, 6.45) is 0.163. The van der Waals surface area contributed by atoms with E-state index in [1.54, 1.807) is 0 Å². The van der Waals surface area contributed by atoms with Gasteiger partial charge < -0.3 is 10.4 Å². The van der Waals surface area contributed by atoms with Gasteiger partial charge in [-0.1, -0.05) is 19.8 Å². The molecule has 1 heterocycles. The van der Waals surface area contributed by atoms with Gasteiger partial charge in [0.15, 0.2) is 5.69 Å². The van der Waals surface area contributed by atoms with Crippen molar-refractivity contribution in [2.24, 2.45) is 5.41 Å². The first-order valence-electron chi connectivity index (χ1n) is 8.88. The zero-order valence-corrected chi connectivity index (χ0v) is 15.2. The van der Waals surface area contributed by atoms with Gasteiger partial charge in [0.1, 0.15) is 5.56 Å². The molecular weight excluding hydrogens is 375 g/mol. The highest BCUT2D eigenvalue weighted by Gasteiger charge is 2.40. The van der Waals surface area contributed by atoms with E-state index in [9.17, 15) is 22.8 Å². The van der Waals surface area contributed by atoms with E-state index >= 15 is 0 Å². The summed E-state index contributed by atoms with van der Waals surface area (Å²) in [4.78, 5) is 23.4. The summed E-state index contributed by atoms with van der Waals surface area (Å²) >= 11 is 0. The highest BCUT2D eigenvalue weighted by molar-refractivity contribution is 5.94. The number of carbonyl (C=O) groups excluding carboxylic acids is 1. The molecule has 1 aliphatic carbocycles. The standard InChI is InChI=1S/C19H20F3N3O3/c1-18(8-2-3-9-18)11-23-16(26)12-4-6-13(7-5-12)25-15(19(20,21)22)14(10-24-25)17(27)28/h4-7,10H,2-3,8-9,11H2,1H3,(H,23,26)(H,27,28). The molecule has 0 spiro atoms. The highest BCUT2D eigenvalue weighted by atomic mass is 19.4. The van der Waals surface area contributed by atoms with Crippen LogP contribution >= 0.6 is 0 Å². The molecule has 2 aromatic rings. The van der Waals surface area contributed by atoms with Gasteiger partial charge in [0.2, 0.25) is 0 Å². The second kappa shape index (κ2) is 7.29. The van der Waals surface area contributed by atoms with Crippen molar-refractivity contribution in [3.8, 4) is 5.69 Å². The molecular formula is C19H20F3N3O3. The molecule has 0 unspecified atom stereocenters. The largest absolute Gasteiger partial charge is 0.478 e. The average molecular weight is 395 g/mol. The minimum atomic E-state index is -4.89. The van der Waals surface area contributed by atoms with Crippen LogP contribution in [0.1, 0.15) is 59.0 Å². The van der Waals surface area contributed by atoms with Crippen molar-refractivity contribution >= 4 is 11.9 Å². The van der Waals surface area contributed by atoms with Crippen LogP contribution in [-0.2, 0) is 6.18 Å². The summed E-state index contributed by atoms with van der Waals surface area (Å²) in [7, 11) is 0. The van der Waals surface area contributed by atoms with Gasteiger partial charge >= 0.3 is 12.1 Å². The molecule has 150 valence electrons. The maximum Gasteiger partial charge on any atom is 0.434 e. The molecule has 28 heavy (non-hydrogen) atoms. The molecule has 1 aromatic heterocycles. The number of nitrogens with one attached hydrogen (secondary N) is 1. The number of carbonyl (C=O) groups is 2. The monoisotopic (exact) mass is 395 g/mol. The lowest BCUT2D eigenvalue weighted by molar-refractivity contribution is -0.143. The second-order valence-corrected chi connectivity index (χ2v) is 7.37. The van der Waals surface area contributed by atoms with E-state index in [4.69, 9.17) is 5.11 Å². The van der Waals surface area contributed by atoms with Crippen molar-refractivity contribution in [3.05, 3.63) is 47.3 Å². The fourth-order valence-electron chi connectivity index (χ4n) is 3.53. The van der Waals surface area contributed by atoms with Gasteiger partial charge in [-0.15, -0.1) is 0 Å². The minimum absolute atomic E-state index is 0.0131. The summed E-state index contributed by atoms with van der Waals surface area (Å²) in [5.74, 6) is -2.02. The molecule has 3 rings (SSSR count). The maximum absolute atomic E-state index is 13.3. The van der Waals surface area contributed by atoms with E-state index in [0.29, 0.717) is 23.0 Å². The van der Waals surface area contributed by atoms with Gasteiger partial charge in [-0.2, -0.15) is 18.3 Å². The number of hydrogen-bond donors (Lipinski definition) is 2. The number of carboxylic acids is 1. The summed E-state index contributed by atoms with van der Waals surface area (Å²) < 4.78 is 40.4. The number of aromatic carboxylic acids is 1. The van der Waals surface area contributed by atoms with E-state index in [-0.39, 0.29) is 17.0 Å². The van der Waals surface area contributed by atoms with Gasteiger partial charge in [-0.25, -0.2) is 9.48 Å². The lowest BCUT2D eigenvalue weighted by Crippen LogP contribution is -2.34. The van der Waals surface area contributed by atoms with Gasteiger partial charge in [-0.3, -0.25) is 4.79 Å². The first-order valence-corrected chi connectivity index (χ1v) is 8.88. The molecule has 2 N–H and O–H groups in total. The smallest absolute Gasteiger partial charge is 0.434 e. The van der Waals surface area contributed by atoms with Gasteiger partial charge in [0, 0.05) is 12.1 Å². The Balaban J connectivity index is 1.79. The number of hydrogen-bond acceptors (Lipinski definition) is 3. The summed E-state index contributed by atoms with van der Waals surface area (Å²) in [6.45, 7) is 2.67. The maximum atomic E-state index is 13.3. The zero-order chi connectivity index (χ0) is 20.5. The number of benzene rings is 1. The summed E-state index contributed by atoms with van der Waals surface area (Å²) in [5.41, 5.74) is -1.89. The van der Waals surface area contributed by atoms with Crippen LogP contribution < -0.4 is 5.32 Å². The normalized spacial score (nSPS) is 16.1. The molecule has 0 aliphatic heterocycles. The van der Waals surface area contributed by atoms with Crippen LogP contribution in [-0.4, -0.2) is 33.3 Å². The van der Waals surface area contributed by atoms with Gasteiger partial charge in [0.25, 0.3) is 5.91 Å². The van der Waals surface area contributed by atoms with Gasteiger partial charge in [-0.05, 0) is 42.5 Å². The summed E-state index contributed by atoms with van der Waals surface area (Å²) in [5, 5.41) is 15.4. The molecule has 6 nitrogen and oxygen atoms in total. The minimum Gasteiger partial charge on any atom is -0.478 e. The first-order chi connectivity index (χ1) is 13.1. The van der Waals surface area contributed by atoms with Crippen molar-refractivity contribution in [3.63, 3.8) is 0 Å². The highest BCUT2D eigenvalue weighted by Crippen LogP contribution is 2.37. The van der Waals surface area contributed by atoms with Crippen LogP contribution in [0.5, 0.6) is 0 Å². The first kappa shape index (κ1) is 19.9. The molecule has 9 heteroatoms. The van der Waals surface area contributed by atoms with Crippen LogP contribution in [0.3, 0.4) is 0 Å². The Labute approximate surface area is 159 Å². The topological polar surface area (TPSA) is 84.2 Å². The molecule has 1 aromatic carbocycles. The fraction of sp³-hybridized carbons (Fsp3) is 0.421. The van der Waals surface area contributed by atoms with Crippen molar-refractivity contribution in [2.45, 2.75) is 38.8 Å². The fourth-order valence-corrected chi connectivity index (χ4v) is 3.53. The van der Waals surface area contributed by atoms with Crippen molar-refractivity contribution in [1.29, 1.82) is 0 Å².